The van der Waals surface area contributed by atoms with Gasteiger partial charge in [-0.25, -0.2) is 13.4 Å². The molecule has 0 fully saturated rings. The summed E-state index contributed by atoms with van der Waals surface area (Å²) >= 11 is 1.46. The number of carbonyl (C=O) groups is 1. The van der Waals surface area contributed by atoms with Gasteiger partial charge in [-0.1, -0.05) is 51.1 Å². The summed E-state index contributed by atoms with van der Waals surface area (Å²) in [5.74, 6) is -0.621. The number of aromatic nitrogens is 1. The lowest BCUT2D eigenvalue weighted by Crippen LogP contribution is -2.38. The summed E-state index contributed by atoms with van der Waals surface area (Å²) in [5, 5.41) is 1.46. The molecule has 1 heterocycles. The van der Waals surface area contributed by atoms with E-state index >= 15 is 0 Å². The number of benzene rings is 1. The van der Waals surface area contributed by atoms with E-state index in [0.29, 0.717) is 24.3 Å². The molecule has 5 nitrogen and oxygen atoms in total. The first-order valence-corrected chi connectivity index (χ1v) is 11.7. The molecule has 0 saturated carbocycles. The van der Waals surface area contributed by atoms with E-state index in [1.165, 1.54) is 11.3 Å². The van der Waals surface area contributed by atoms with Crippen molar-refractivity contribution in [1.29, 1.82) is 0 Å². The molecule has 0 N–H and O–H groups in total. The smallest absolute Gasteiger partial charge is 0.245 e. The minimum atomic E-state index is -3.77. The van der Waals surface area contributed by atoms with Gasteiger partial charge in [0.1, 0.15) is 0 Å². The molecular formula is C20H28N2O3S2. The van der Waals surface area contributed by atoms with E-state index in [1.807, 2.05) is 40.7 Å². The van der Waals surface area contributed by atoms with E-state index in [1.54, 1.807) is 34.5 Å². The van der Waals surface area contributed by atoms with Crippen molar-refractivity contribution in [3.05, 3.63) is 52.0 Å². The van der Waals surface area contributed by atoms with Crippen molar-refractivity contribution in [3.8, 4) is 0 Å². The zero-order valence-corrected chi connectivity index (χ0v) is 18.2. The molecule has 7 heteroatoms. The monoisotopic (exact) mass is 408 g/mol. The third-order valence-corrected chi connectivity index (χ3v) is 7.51. The second kappa shape index (κ2) is 8.52. The highest BCUT2D eigenvalue weighted by Crippen LogP contribution is 2.30. The Morgan fingerprint density at radius 1 is 1.15 bits per heavy atom. The lowest BCUT2D eigenvalue weighted by atomic mass is 9.98. The van der Waals surface area contributed by atoms with Crippen molar-refractivity contribution in [2.45, 2.75) is 51.0 Å². The molecule has 148 valence electrons. The van der Waals surface area contributed by atoms with Crippen LogP contribution in [0.15, 0.2) is 35.7 Å². The lowest BCUT2D eigenvalue weighted by Gasteiger charge is -2.25. The standard InChI is InChI=1S/C20H28N2O3S2/c1-6-22(7-2)18(23)17(15-11-9-8-10-12-15)27(24,25)14-16-13-26-19(21-16)20(3,4)5/h8-13,17H,6-7,14H2,1-5H3/t17-/m0/s1. The van der Waals surface area contributed by atoms with Gasteiger partial charge in [-0.15, -0.1) is 11.3 Å². The number of likely N-dealkylation sites (N-methyl/N-ethyl adjacent to an activating group) is 1. The zero-order chi connectivity index (χ0) is 20.2. The Kier molecular flexibility index (Phi) is 6.81. The topological polar surface area (TPSA) is 67.3 Å². The van der Waals surface area contributed by atoms with Gasteiger partial charge in [-0.3, -0.25) is 4.79 Å². The predicted octanol–water partition coefficient (Wildman–Crippen LogP) is 3.97. The molecule has 0 aliphatic carbocycles. The Hall–Kier alpha value is -1.73. The normalized spacial score (nSPS) is 13.4. The number of thiazole rings is 1. The van der Waals surface area contributed by atoms with Crippen LogP contribution in [0.2, 0.25) is 0 Å². The van der Waals surface area contributed by atoms with E-state index in [-0.39, 0.29) is 17.1 Å². The second-order valence-electron chi connectivity index (χ2n) is 7.50. The minimum absolute atomic E-state index is 0.136. The average molecular weight is 409 g/mol. The highest BCUT2D eigenvalue weighted by Gasteiger charge is 2.37. The van der Waals surface area contributed by atoms with E-state index in [4.69, 9.17) is 0 Å². The molecule has 0 aliphatic rings. The summed E-state index contributed by atoms with van der Waals surface area (Å²) in [5.41, 5.74) is 0.863. The van der Waals surface area contributed by atoms with E-state index in [0.717, 1.165) is 5.01 Å². The van der Waals surface area contributed by atoms with Crippen LogP contribution in [0.5, 0.6) is 0 Å². The van der Waals surface area contributed by atoms with Crippen molar-refractivity contribution < 1.29 is 13.2 Å². The van der Waals surface area contributed by atoms with Crippen molar-refractivity contribution >= 4 is 27.1 Å². The SMILES string of the molecule is CCN(CC)C(=O)[C@H](c1ccccc1)S(=O)(=O)Cc1csc(C(C)(C)C)n1. The number of rotatable bonds is 7. The van der Waals surface area contributed by atoms with Crippen molar-refractivity contribution in [1.82, 2.24) is 9.88 Å². The molecule has 1 aromatic heterocycles. The van der Waals surface area contributed by atoms with Crippen molar-refractivity contribution in [2.75, 3.05) is 13.1 Å². The highest BCUT2D eigenvalue weighted by molar-refractivity contribution is 7.91. The Bertz CT molecular complexity index is 864. The summed E-state index contributed by atoms with van der Waals surface area (Å²) in [6.07, 6.45) is 0. The van der Waals surface area contributed by atoms with Gasteiger partial charge in [-0.2, -0.15) is 0 Å². The van der Waals surface area contributed by atoms with Crippen LogP contribution < -0.4 is 0 Å². The molecule has 1 amide bonds. The van der Waals surface area contributed by atoms with Crippen LogP contribution in [-0.2, 0) is 25.8 Å². The largest absolute Gasteiger partial charge is 0.342 e. The fourth-order valence-corrected chi connectivity index (χ4v) is 5.61. The maximum Gasteiger partial charge on any atom is 0.245 e. The molecule has 2 rings (SSSR count). The predicted molar refractivity (Wildman–Crippen MR) is 111 cm³/mol. The van der Waals surface area contributed by atoms with Crippen molar-refractivity contribution in [3.63, 3.8) is 0 Å². The molecule has 0 aliphatic heterocycles. The molecule has 0 spiro atoms. The highest BCUT2D eigenvalue weighted by atomic mass is 32.2. The van der Waals surface area contributed by atoms with E-state index in [2.05, 4.69) is 4.98 Å². The minimum Gasteiger partial charge on any atom is -0.342 e. The van der Waals surface area contributed by atoms with Crippen LogP contribution in [-0.4, -0.2) is 37.3 Å². The third kappa shape index (κ3) is 5.17. The summed E-state index contributed by atoms with van der Waals surface area (Å²) in [6.45, 7) is 10.8. The van der Waals surface area contributed by atoms with Gasteiger partial charge in [0.25, 0.3) is 0 Å². The first kappa shape index (κ1) is 21.6. The molecule has 0 radical (unpaired) electrons. The fraction of sp³-hybridized carbons (Fsp3) is 0.500. The number of hydrogen-bond donors (Lipinski definition) is 0. The summed E-state index contributed by atoms with van der Waals surface area (Å²) in [4.78, 5) is 19.1. The maximum absolute atomic E-state index is 13.3. The van der Waals surface area contributed by atoms with Crippen LogP contribution in [0.3, 0.4) is 0 Å². The van der Waals surface area contributed by atoms with Gasteiger partial charge in [0.2, 0.25) is 5.91 Å². The van der Waals surface area contributed by atoms with Crippen LogP contribution in [0.1, 0.15) is 56.1 Å². The Morgan fingerprint density at radius 3 is 2.22 bits per heavy atom. The van der Waals surface area contributed by atoms with Gasteiger partial charge in [-0.05, 0) is 19.4 Å². The van der Waals surface area contributed by atoms with E-state index < -0.39 is 15.1 Å². The zero-order valence-electron chi connectivity index (χ0n) is 16.6. The van der Waals surface area contributed by atoms with Gasteiger partial charge < -0.3 is 4.90 Å². The number of amides is 1. The third-order valence-electron chi connectivity index (χ3n) is 4.30. The molecule has 0 unspecified atom stereocenters. The first-order chi connectivity index (χ1) is 12.6. The van der Waals surface area contributed by atoms with Crippen LogP contribution in [0.25, 0.3) is 0 Å². The lowest BCUT2D eigenvalue weighted by molar-refractivity contribution is -0.130. The number of carbonyl (C=O) groups excluding carboxylic acids is 1. The summed E-state index contributed by atoms with van der Waals surface area (Å²) in [6, 6.07) is 8.73. The fourth-order valence-electron chi connectivity index (χ4n) is 2.84. The summed E-state index contributed by atoms with van der Waals surface area (Å²) in [7, 11) is -3.77. The number of sulfone groups is 1. The van der Waals surface area contributed by atoms with Gasteiger partial charge in [0.15, 0.2) is 15.1 Å². The number of hydrogen-bond acceptors (Lipinski definition) is 5. The van der Waals surface area contributed by atoms with Crippen LogP contribution >= 0.6 is 11.3 Å². The molecule has 1 aromatic carbocycles. The van der Waals surface area contributed by atoms with Gasteiger partial charge in [0, 0.05) is 23.9 Å². The quantitative estimate of drug-likeness (QED) is 0.695. The number of nitrogens with zero attached hydrogens (tertiary/aromatic N) is 2. The molecule has 0 bridgehead atoms. The van der Waals surface area contributed by atoms with Crippen molar-refractivity contribution in [2.24, 2.45) is 0 Å². The van der Waals surface area contributed by atoms with Gasteiger partial charge >= 0.3 is 0 Å². The maximum atomic E-state index is 13.3. The summed E-state index contributed by atoms with van der Waals surface area (Å²) < 4.78 is 26.5. The average Bonchev–Trinajstić information content (AvgIpc) is 3.05. The van der Waals surface area contributed by atoms with Crippen LogP contribution in [0.4, 0.5) is 0 Å². The first-order valence-electron chi connectivity index (χ1n) is 9.10. The second-order valence-corrected chi connectivity index (χ2v) is 10.4. The van der Waals surface area contributed by atoms with E-state index in [9.17, 15) is 13.2 Å². The Morgan fingerprint density at radius 2 is 1.74 bits per heavy atom. The Labute approximate surface area is 166 Å². The molecule has 1 atom stereocenters. The van der Waals surface area contributed by atoms with Crippen LogP contribution in [0, 0.1) is 0 Å². The van der Waals surface area contributed by atoms with Gasteiger partial charge in [0.05, 0.1) is 16.5 Å². The molecule has 27 heavy (non-hydrogen) atoms. The Balaban J connectivity index is 2.41. The molecular weight excluding hydrogens is 380 g/mol. The molecule has 0 saturated heterocycles. The molecule has 2 aromatic rings.